The van der Waals surface area contributed by atoms with Gasteiger partial charge in [0.05, 0.1) is 6.61 Å². The Balaban J connectivity index is 2.23. The van der Waals surface area contributed by atoms with Crippen LogP contribution in [0.1, 0.15) is 5.56 Å². The molecule has 0 amide bonds. The number of hydrogen-bond donors (Lipinski definition) is 4. The number of benzene rings is 1. The average Bonchev–Trinajstić information content (AvgIpc) is 2.28. The topological polar surface area (TPSA) is 64.5 Å². The highest BCUT2D eigenvalue weighted by Gasteiger charge is 2.00. The van der Waals surface area contributed by atoms with Gasteiger partial charge < -0.3 is 20.8 Å². The van der Waals surface area contributed by atoms with Crippen LogP contribution in [0.4, 0.5) is 0 Å². The van der Waals surface area contributed by atoms with Gasteiger partial charge in [-0.15, -0.1) is 0 Å². The molecule has 0 atom stereocenters. The molecular formula is C11H17BrN2O2. The maximum Gasteiger partial charge on any atom is 0.120 e. The number of aliphatic hydroxyl groups is 1. The fourth-order valence-corrected chi connectivity index (χ4v) is 1.71. The highest BCUT2D eigenvalue weighted by molar-refractivity contribution is 9.10. The lowest BCUT2D eigenvalue weighted by Crippen LogP contribution is -2.28. The molecule has 1 aromatic carbocycles. The second-order valence-electron chi connectivity index (χ2n) is 3.42. The van der Waals surface area contributed by atoms with Crippen molar-refractivity contribution in [3.8, 4) is 5.75 Å². The Labute approximate surface area is 104 Å². The Morgan fingerprint density at radius 1 is 1.12 bits per heavy atom. The van der Waals surface area contributed by atoms with Crippen molar-refractivity contribution in [1.29, 1.82) is 0 Å². The molecule has 0 aliphatic rings. The van der Waals surface area contributed by atoms with Crippen molar-refractivity contribution in [2.45, 2.75) is 6.54 Å². The van der Waals surface area contributed by atoms with Crippen LogP contribution in [0.2, 0.25) is 0 Å². The molecule has 1 rings (SSSR count). The first kappa shape index (κ1) is 13.4. The van der Waals surface area contributed by atoms with Crippen molar-refractivity contribution in [3.05, 3.63) is 28.2 Å². The summed E-state index contributed by atoms with van der Waals surface area (Å²) in [5.74, 6) is 0.305. The van der Waals surface area contributed by atoms with Crippen LogP contribution in [-0.4, -0.2) is 36.5 Å². The summed E-state index contributed by atoms with van der Waals surface area (Å²) in [6.07, 6.45) is 0. The summed E-state index contributed by atoms with van der Waals surface area (Å²) in [7, 11) is 0. The number of hydrogen-bond acceptors (Lipinski definition) is 4. The van der Waals surface area contributed by atoms with Gasteiger partial charge in [0.1, 0.15) is 5.75 Å². The van der Waals surface area contributed by atoms with E-state index in [0.717, 1.165) is 23.1 Å². The number of phenolic OH excluding ortho intramolecular Hbond substituents is 1. The highest BCUT2D eigenvalue weighted by Crippen LogP contribution is 2.21. The summed E-state index contributed by atoms with van der Waals surface area (Å²) in [6.45, 7) is 3.00. The lowest BCUT2D eigenvalue weighted by atomic mass is 10.2. The summed E-state index contributed by atoms with van der Waals surface area (Å²) in [5, 5.41) is 24.4. The molecule has 4 nitrogen and oxygen atoms in total. The summed E-state index contributed by atoms with van der Waals surface area (Å²) in [6, 6.07) is 5.37. The molecule has 5 heteroatoms. The van der Waals surface area contributed by atoms with Crippen LogP contribution < -0.4 is 10.6 Å². The number of phenols is 1. The maximum atomic E-state index is 9.57. The summed E-state index contributed by atoms with van der Waals surface area (Å²) in [4.78, 5) is 0. The Morgan fingerprint density at radius 3 is 2.62 bits per heavy atom. The lowest BCUT2D eigenvalue weighted by Gasteiger charge is -2.07. The van der Waals surface area contributed by atoms with Crippen molar-refractivity contribution in [1.82, 2.24) is 10.6 Å². The standard InChI is InChI=1S/C11H17BrN2O2/c12-10-1-2-11(16)9(7-10)8-14-4-3-13-5-6-15/h1-2,7,13-16H,3-6,8H2. The first-order chi connectivity index (χ1) is 7.74. The molecule has 0 heterocycles. The molecule has 0 radical (unpaired) electrons. The average molecular weight is 289 g/mol. The fraction of sp³-hybridized carbons (Fsp3) is 0.455. The van der Waals surface area contributed by atoms with Gasteiger partial charge in [-0.3, -0.25) is 0 Å². The molecule has 1 aromatic rings. The molecule has 0 unspecified atom stereocenters. The second kappa shape index (κ2) is 7.62. The minimum absolute atomic E-state index is 0.159. The predicted octanol–water partition coefficient (Wildman–Crippen LogP) is 0.826. The molecule has 0 fully saturated rings. The quantitative estimate of drug-likeness (QED) is 0.561. The highest BCUT2D eigenvalue weighted by atomic mass is 79.9. The zero-order valence-corrected chi connectivity index (χ0v) is 10.6. The van der Waals surface area contributed by atoms with E-state index in [-0.39, 0.29) is 6.61 Å². The number of rotatable bonds is 7. The van der Waals surface area contributed by atoms with Crippen molar-refractivity contribution < 1.29 is 10.2 Å². The van der Waals surface area contributed by atoms with Crippen molar-refractivity contribution in [2.75, 3.05) is 26.2 Å². The minimum Gasteiger partial charge on any atom is -0.508 e. The first-order valence-electron chi connectivity index (χ1n) is 5.23. The van der Waals surface area contributed by atoms with E-state index < -0.39 is 0 Å². The third-order valence-electron chi connectivity index (χ3n) is 2.12. The summed E-state index contributed by atoms with van der Waals surface area (Å²) >= 11 is 3.36. The van der Waals surface area contributed by atoms with E-state index >= 15 is 0 Å². The van der Waals surface area contributed by atoms with Gasteiger partial charge in [0.2, 0.25) is 0 Å². The van der Waals surface area contributed by atoms with E-state index in [1.165, 1.54) is 0 Å². The van der Waals surface area contributed by atoms with Crippen molar-refractivity contribution in [2.24, 2.45) is 0 Å². The largest absolute Gasteiger partial charge is 0.508 e. The van der Waals surface area contributed by atoms with E-state index in [1.807, 2.05) is 12.1 Å². The first-order valence-corrected chi connectivity index (χ1v) is 6.03. The van der Waals surface area contributed by atoms with Gasteiger partial charge in [-0.05, 0) is 18.2 Å². The Morgan fingerprint density at radius 2 is 1.88 bits per heavy atom. The van der Waals surface area contributed by atoms with Gasteiger partial charge in [-0.2, -0.15) is 0 Å². The smallest absolute Gasteiger partial charge is 0.120 e. The summed E-state index contributed by atoms with van der Waals surface area (Å²) in [5.41, 5.74) is 0.872. The van der Waals surface area contributed by atoms with Gasteiger partial charge in [0.25, 0.3) is 0 Å². The van der Waals surface area contributed by atoms with Crippen molar-refractivity contribution >= 4 is 15.9 Å². The number of nitrogens with one attached hydrogen (secondary N) is 2. The van der Waals surface area contributed by atoms with Gasteiger partial charge in [-0.25, -0.2) is 0 Å². The number of aliphatic hydroxyl groups excluding tert-OH is 1. The number of aromatic hydroxyl groups is 1. The molecule has 0 saturated heterocycles. The van der Waals surface area contributed by atoms with Gasteiger partial charge in [0, 0.05) is 36.2 Å². The van der Waals surface area contributed by atoms with E-state index in [9.17, 15) is 5.11 Å². The molecule has 0 bridgehead atoms. The maximum absolute atomic E-state index is 9.57. The molecule has 90 valence electrons. The van der Waals surface area contributed by atoms with Gasteiger partial charge in [-0.1, -0.05) is 15.9 Å². The Bertz CT molecular complexity index is 321. The molecular weight excluding hydrogens is 272 g/mol. The van der Waals surface area contributed by atoms with Crippen LogP contribution in [-0.2, 0) is 6.54 Å². The minimum atomic E-state index is 0.159. The Hall–Kier alpha value is -0.620. The van der Waals surface area contributed by atoms with E-state index in [0.29, 0.717) is 18.8 Å². The third-order valence-corrected chi connectivity index (χ3v) is 2.62. The van der Waals surface area contributed by atoms with E-state index in [4.69, 9.17) is 5.11 Å². The molecule has 0 saturated carbocycles. The SMILES string of the molecule is OCCNCCNCc1cc(Br)ccc1O. The zero-order valence-electron chi connectivity index (χ0n) is 9.04. The van der Waals surface area contributed by atoms with E-state index in [1.54, 1.807) is 6.07 Å². The van der Waals surface area contributed by atoms with Crippen LogP contribution in [0.25, 0.3) is 0 Å². The van der Waals surface area contributed by atoms with Crippen molar-refractivity contribution in [3.63, 3.8) is 0 Å². The number of halogens is 1. The van der Waals surface area contributed by atoms with Crippen LogP contribution in [0.15, 0.2) is 22.7 Å². The molecule has 4 N–H and O–H groups in total. The molecule has 0 spiro atoms. The van der Waals surface area contributed by atoms with Gasteiger partial charge >= 0.3 is 0 Å². The molecule has 0 aliphatic carbocycles. The second-order valence-corrected chi connectivity index (χ2v) is 4.34. The van der Waals surface area contributed by atoms with Crippen LogP contribution in [0, 0.1) is 0 Å². The predicted molar refractivity (Wildman–Crippen MR) is 67.5 cm³/mol. The van der Waals surface area contributed by atoms with E-state index in [2.05, 4.69) is 26.6 Å². The molecule has 16 heavy (non-hydrogen) atoms. The lowest BCUT2D eigenvalue weighted by molar-refractivity contribution is 0.292. The third kappa shape index (κ3) is 4.94. The zero-order chi connectivity index (χ0) is 11.8. The monoisotopic (exact) mass is 288 g/mol. The van der Waals surface area contributed by atoms with Gasteiger partial charge in [0.15, 0.2) is 0 Å². The normalized spacial score (nSPS) is 10.6. The molecule has 0 aliphatic heterocycles. The molecule has 0 aromatic heterocycles. The van der Waals surface area contributed by atoms with Crippen LogP contribution in [0.5, 0.6) is 5.75 Å². The Kier molecular flexibility index (Phi) is 6.40. The fourth-order valence-electron chi connectivity index (χ4n) is 1.30. The summed E-state index contributed by atoms with van der Waals surface area (Å²) < 4.78 is 0.959. The van der Waals surface area contributed by atoms with Crippen LogP contribution >= 0.6 is 15.9 Å². The van der Waals surface area contributed by atoms with Crippen LogP contribution in [0.3, 0.4) is 0 Å².